The highest BCUT2D eigenvalue weighted by Crippen LogP contribution is 2.15. The molecule has 0 aliphatic rings. The van der Waals surface area contributed by atoms with Crippen molar-refractivity contribution in [2.45, 2.75) is 26.3 Å². The maximum absolute atomic E-state index is 10.5. The predicted octanol–water partition coefficient (Wildman–Crippen LogP) is 1.77. The minimum absolute atomic E-state index is 0.146. The van der Waals surface area contributed by atoms with Crippen LogP contribution in [0.5, 0.6) is 0 Å². The van der Waals surface area contributed by atoms with Crippen LogP contribution >= 0.6 is 0 Å². The Kier molecular flexibility index (Phi) is 4.09. The number of carboxylic acids is 1. The molecule has 0 saturated heterocycles. The summed E-state index contributed by atoms with van der Waals surface area (Å²) in [4.78, 5) is 16.6. The lowest BCUT2D eigenvalue weighted by Gasteiger charge is -2.27. The van der Waals surface area contributed by atoms with E-state index in [0.717, 1.165) is 5.69 Å². The van der Waals surface area contributed by atoms with Gasteiger partial charge in [0.1, 0.15) is 0 Å². The lowest BCUT2D eigenvalue weighted by atomic mass is 10.2. The average Bonchev–Trinajstić information content (AvgIpc) is 2.18. The molecular weight excluding hydrogens is 192 g/mol. The molecule has 0 radical (unpaired) electrons. The quantitative estimate of drug-likeness (QED) is 0.801. The van der Waals surface area contributed by atoms with Crippen molar-refractivity contribution < 1.29 is 9.90 Å². The summed E-state index contributed by atoms with van der Waals surface area (Å²) in [5, 5.41) is 8.65. The third-order valence-corrected chi connectivity index (χ3v) is 2.17. The average molecular weight is 208 g/mol. The molecule has 0 aliphatic heterocycles. The lowest BCUT2D eigenvalue weighted by molar-refractivity contribution is -0.136. The van der Waals surface area contributed by atoms with E-state index < -0.39 is 5.97 Å². The first-order valence-corrected chi connectivity index (χ1v) is 4.99. The van der Waals surface area contributed by atoms with Crippen molar-refractivity contribution in [2.75, 3.05) is 11.4 Å². The fourth-order valence-electron chi connectivity index (χ4n) is 1.43. The Balaban J connectivity index is 2.70. The normalized spacial score (nSPS) is 10.3. The molecule has 1 rings (SSSR count). The van der Waals surface area contributed by atoms with E-state index in [-0.39, 0.29) is 12.5 Å². The van der Waals surface area contributed by atoms with Crippen molar-refractivity contribution in [3.63, 3.8) is 0 Å². The third-order valence-electron chi connectivity index (χ3n) is 2.17. The van der Waals surface area contributed by atoms with Crippen LogP contribution in [-0.4, -0.2) is 28.6 Å². The summed E-state index contributed by atoms with van der Waals surface area (Å²) in [7, 11) is 0. The number of hydrogen-bond acceptors (Lipinski definition) is 3. The van der Waals surface area contributed by atoms with Gasteiger partial charge in [-0.3, -0.25) is 9.78 Å². The fourth-order valence-corrected chi connectivity index (χ4v) is 1.43. The molecule has 1 aromatic rings. The highest BCUT2D eigenvalue weighted by Gasteiger charge is 2.11. The zero-order chi connectivity index (χ0) is 11.3. The number of rotatable bonds is 5. The van der Waals surface area contributed by atoms with Gasteiger partial charge < -0.3 is 10.0 Å². The van der Waals surface area contributed by atoms with Crippen molar-refractivity contribution in [3.8, 4) is 0 Å². The van der Waals surface area contributed by atoms with Gasteiger partial charge in [-0.05, 0) is 26.0 Å². The number of pyridine rings is 1. The maximum atomic E-state index is 10.5. The first-order valence-electron chi connectivity index (χ1n) is 4.99. The summed E-state index contributed by atoms with van der Waals surface area (Å²) < 4.78 is 0. The minimum Gasteiger partial charge on any atom is -0.481 e. The molecule has 15 heavy (non-hydrogen) atoms. The van der Waals surface area contributed by atoms with E-state index in [2.05, 4.69) is 4.98 Å². The maximum Gasteiger partial charge on any atom is 0.305 e. The van der Waals surface area contributed by atoms with Crippen LogP contribution in [0.15, 0.2) is 24.5 Å². The van der Waals surface area contributed by atoms with Crippen LogP contribution in [0.3, 0.4) is 0 Å². The topological polar surface area (TPSA) is 53.4 Å². The van der Waals surface area contributed by atoms with Crippen LogP contribution in [0, 0.1) is 0 Å². The molecule has 1 heterocycles. The molecule has 0 aliphatic carbocycles. The molecule has 82 valence electrons. The van der Waals surface area contributed by atoms with Gasteiger partial charge in [0.25, 0.3) is 0 Å². The van der Waals surface area contributed by atoms with Crippen LogP contribution < -0.4 is 4.90 Å². The molecule has 0 saturated carbocycles. The Morgan fingerprint density at radius 2 is 2.33 bits per heavy atom. The van der Waals surface area contributed by atoms with Gasteiger partial charge in [-0.15, -0.1) is 0 Å². The van der Waals surface area contributed by atoms with Crippen LogP contribution in [0.2, 0.25) is 0 Å². The van der Waals surface area contributed by atoms with E-state index in [1.54, 1.807) is 12.4 Å². The molecule has 0 fully saturated rings. The van der Waals surface area contributed by atoms with Crippen molar-refractivity contribution in [3.05, 3.63) is 24.5 Å². The summed E-state index contributed by atoms with van der Waals surface area (Å²) >= 11 is 0. The number of nitrogens with zero attached hydrogens (tertiary/aromatic N) is 2. The predicted molar refractivity (Wildman–Crippen MR) is 59.0 cm³/mol. The number of aliphatic carboxylic acids is 1. The molecule has 4 nitrogen and oxygen atoms in total. The second-order valence-corrected chi connectivity index (χ2v) is 3.64. The Hall–Kier alpha value is -1.58. The third kappa shape index (κ3) is 3.58. The van der Waals surface area contributed by atoms with E-state index in [1.165, 1.54) is 0 Å². The molecule has 0 bridgehead atoms. The van der Waals surface area contributed by atoms with Gasteiger partial charge in [0.2, 0.25) is 0 Å². The number of hydrogen-bond donors (Lipinski definition) is 1. The van der Waals surface area contributed by atoms with E-state index in [0.29, 0.717) is 6.54 Å². The van der Waals surface area contributed by atoms with Gasteiger partial charge in [-0.2, -0.15) is 0 Å². The fraction of sp³-hybridized carbons (Fsp3) is 0.455. The number of carboxylic acid groups (broad SMARTS) is 1. The van der Waals surface area contributed by atoms with Crippen LogP contribution in [0.25, 0.3) is 0 Å². The van der Waals surface area contributed by atoms with Gasteiger partial charge in [-0.1, -0.05) is 0 Å². The van der Waals surface area contributed by atoms with E-state index in [4.69, 9.17) is 5.11 Å². The van der Waals surface area contributed by atoms with Gasteiger partial charge >= 0.3 is 5.97 Å². The SMILES string of the molecule is CC(C)N(CCC(=O)O)c1cccnc1. The summed E-state index contributed by atoms with van der Waals surface area (Å²) in [6.45, 7) is 4.59. The summed E-state index contributed by atoms with van der Waals surface area (Å²) in [6.07, 6.45) is 3.61. The smallest absolute Gasteiger partial charge is 0.305 e. The van der Waals surface area contributed by atoms with Crippen LogP contribution in [0.4, 0.5) is 5.69 Å². The Labute approximate surface area is 89.6 Å². The second kappa shape index (κ2) is 5.34. The highest BCUT2D eigenvalue weighted by atomic mass is 16.4. The Bertz CT molecular complexity index is 312. The summed E-state index contributed by atoms with van der Waals surface area (Å²) in [5.41, 5.74) is 0.966. The number of aromatic nitrogens is 1. The van der Waals surface area contributed by atoms with Crippen molar-refractivity contribution in [1.82, 2.24) is 4.98 Å². The summed E-state index contributed by atoms with van der Waals surface area (Å²) in [5.74, 6) is -0.774. The van der Waals surface area contributed by atoms with Crippen molar-refractivity contribution in [1.29, 1.82) is 0 Å². The number of carbonyl (C=O) groups is 1. The van der Waals surface area contributed by atoms with E-state index in [9.17, 15) is 4.79 Å². The molecule has 1 aromatic heterocycles. The van der Waals surface area contributed by atoms with Crippen molar-refractivity contribution >= 4 is 11.7 Å². The minimum atomic E-state index is -0.774. The first kappa shape index (κ1) is 11.5. The zero-order valence-corrected chi connectivity index (χ0v) is 9.05. The molecule has 0 unspecified atom stereocenters. The molecule has 1 N–H and O–H groups in total. The first-order chi connectivity index (χ1) is 7.11. The molecule has 0 atom stereocenters. The Morgan fingerprint density at radius 3 is 2.80 bits per heavy atom. The van der Waals surface area contributed by atoms with Gasteiger partial charge in [0, 0.05) is 18.8 Å². The molecule has 4 heteroatoms. The van der Waals surface area contributed by atoms with E-state index >= 15 is 0 Å². The lowest BCUT2D eigenvalue weighted by Crippen LogP contribution is -2.32. The monoisotopic (exact) mass is 208 g/mol. The molecule has 0 amide bonds. The zero-order valence-electron chi connectivity index (χ0n) is 9.05. The molecule has 0 spiro atoms. The largest absolute Gasteiger partial charge is 0.481 e. The number of anilines is 1. The molecule has 0 aromatic carbocycles. The van der Waals surface area contributed by atoms with Gasteiger partial charge in [0.15, 0.2) is 0 Å². The second-order valence-electron chi connectivity index (χ2n) is 3.64. The van der Waals surface area contributed by atoms with Crippen molar-refractivity contribution in [2.24, 2.45) is 0 Å². The Morgan fingerprint density at radius 1 is 1.60 bits per heavy atom. The van der Waals surface area contributed by atoms with Gasteiger partial charge in [0.05, 0.1) is 18.3 Å². The van der Waals surface area contributed by atoms with Crippen LogP contribution in [-0.2, 0) is 4.79 Å². The van der Waals surface area contributed by atoms with Gasteiger partial charge in [-0.25, -0.2) is 0 Å². The highest BCUT2D eigenvalue weighted by molar-refractivity contribution is 5.67. The van der Waals surface area contributed by atoms with Crippen LogP contribution in [0.1, 0.15) is 20.3 Å². The summed E-state index contributed by atoms with van der Waals surface area (Å²) in [6, 6.07) is 4.06. The van der Waals surface area contributed by atoms with E-state index in [1.807, 2.05) is 30.9 Å². The standard InChI is InChI=1S/C11H16N2O2/c1-9(2)13(7-5-11(14)15)10-4-3-6-12-8-10/h3-4,6,8-9H,5,7H2,1-2H3,(H,14,15). The molecular formula is C11H16N2O2.